The van der Waals surface area contributed by atoms with Crippen LogP contribution in [0.4, 0.5) is 9.18 Å². The van der Waals surface area contributed by atoms with Crippen LogP contribution in [0.5, 0.6) is 0 Å². The van der Waals surface area contributed by atoms with Crippen LogP contribution in [0.3, 0.4) is 0 Å². The zero-order valence-electron chi connectivity index (χ0n) is 11.0. The number of nitrogens with zero attached hydrogens (tertiary/aromatic N) is 3. The van der Waals surface area contributed by atoms with Crippen LogP contribution in [-0.2, 0) is 0 Å². The van der Waals surface area contributed by atoms with Crippen LogP contribution in [-0.4, -0.2) is 43.9 Å². The molecule has 0 bridgehead atoms. The van der Waals surface area contributed by atoms with Crippen LogP contribution in [0.25, 0.3) is 10.9 Å². The summed E-state index contributed by atoms with van der Waals surface area (Å²) >= 11 is 0. The minimum atomic E-state index is -0.921. The van der Waals surface area contributed by atoms with Crippen molar-refractivity contribution in [2.75, 3.05) is 6.54 Å². The predicted molar refractivity (Wildman–Crippen MR) is 70.0 cm³/mol. The molecule has 2 aromatic heterocycles. The van der Waals surface area contributed by atoms with Gasteiger partial charge < -0.3 is 10.0 Å². The summed E-state index contributed by atoms with van der Waals surface area (Å²) in [4.78, 5) is 16.2. The van der Waals surface area contributed by atoms with Gasteiger partial charge in [0.1, 0.15) is 5.52 Å². The number of piperidine rings is 1. The Kier molecular flexibility index (Phi) is 3.04. The highest BCUT2D eigenvalue weighted by molar-refractivity contribution is 5.81. The molecular weight excluding hydrogens is 263 g/mol. The third-order valence-electron chi connectivity index (χ3n) is 3.98. The van der Waals surface area contributed by atoms with Crippen LogP contribution >= 0.6 is 0 Å². The highest BCUT2D eigenvalue weighted by Gasteiger charge is 2.31. The molecule has 3 rings (SSSR count). The molecule has 2 N–H and O–H groups in total. The van der Waals surface area contributed by atoms with Crippen LogP contribution in [0, 0.1) is 5.95 Å². The second kappa shape index (κ2) is 4.73. The van der Waals surface area contributed by atoms with Crippen molar-refractivity contribution in [3.05, 3.63) is 23.9 Å². The Labute approximate surface area is 114 Å². The van der Waals surface area contributed by atoms with Crippen molar-refractivity contribution in [2.24, 2.45) is 0 Å². The van der Waals surface area contributed by atoms with Gasteiger partial charge in [-0.3, -0.25) is 5.10 Å². The standard InChI is InChI=1S/C13H15FN4O2/c1-7-2-3-8(6-18(7)13(19)20)10-9-4-5-15-12(14)11(9)17-16-10/h4-5,7-8H,2-3,6H2,1H3,(H,16,17)(H,19,20). The van der Waals surface area contributed by atoms with Crippen molar-refractivity contribution in [3.8, 4) is 0 Å². The van der Waals surface area contributed by atoms with E-state index in [1.165, 1.54) is 11.1 Å². The Morgan fingerprint density at radius 3 is 3.10 bits per heavy atom. The van der Waals surface area contributed by atoms with Crippen molar-refractivity contribution in [1.82, 2.24) is 20.1 Å². The van der Waals surface area contributed by atoms with Crippen LogP contribution in [0.2, 0.25) is 0 Å². The molecule has 1 fully saturated rings. The molecular formula is C13H15FN4O2. The number of H-pyrrole nitrogens is 1. The zero-order valence-corrected chi connectivity index (χ0v) is 11.0. The largest absolute Gasteiger partial charge is 0.465 e. The second-order valence-electron chi connectivity index (χ2n) is 5.19. The van der Waals surface area contributed by atoms with Gasteiger partial charge in [-0.2, -0.15) is 9.49 Å². The maximum Gasteiger partial charge on any atom is 0.407 e. The van der Waals surface area contributed by atoms with E-state index < -0.39 is 12.0 Å². The van der Waals surface area contributed by atoms with Crippen molar-refractivity contribution < 1.29 is 14.3 Å². The smallest absolute Gasteiger partial charge is 0.407 e. The number of fused-ring (bicyclic) bond motifs is 1. The molecule has 0 radical (unpaired) electrons. The Bertz CT molecular complexity index is 657. The van der Waals surface area contributed by atoms with Crippen molar-refractivity contribution in [3.63, 3.8) is 0 Å². The van der Waals surface area contributed by atoms with E-state index in [-0.39, 0.29) is 17.5 Å². The average Bonchev–Trinajstić information content (AvgIpc) is 2.84. The normalized spacial score (nSPS) is 23.2. The molecule has 1 saturated heterocycles. The average molecular weight is 278 g/mol. The van der Waals surface area contributed by atoms with Crippen LogP contribution < -0.4 is 0 Å². The van der Waals surface area contributed by atoms with Gasteiger partial charge in [-0.15, -0.1) is 0 Å². The van der Waals surface area contributed by atoms with Gasteiger partial charge in [0.2, 0.25) is 5.95 Å². The van der Waals surface area contributed by atoms with Gasteiger partial charge in [0.15, 0.2) is 0 Å². The number of halogens is 1. The third-order valence-corrected chi connectivity index (χ3v) is 3.98. The lowest BCUT2D eigenvalue weighted by Crippen LogP contribution is -2.44. The lowest BCUT2D eigenvalue weighted by Gasteiger charge is -2.35. The quantitative estimate of drug-likeness (QED) is 0.784. The summed E-state index contributed by atoms with van der Waals surface area (Å²) in [5.41, 5.74) is 1.00. The van der Waals surface area contributed by atoms with E-state index in [9.17, 15) is 14.3 Å². The summed E-state index contributed by atoms with van der Waals surface area (Å²) in [5.74, 6) is -0.599. The topological polar surface area (TPSA) is 82.1 Å². The minimum absolute atomic E-state index is 0.00681. The molecule has 0 aliphatic carbocycles. The lowest BCUT2D eigenvalue weighted by molar-refractivity contribution is 0.105. The fraction of sp³-hybridized carbons (Fsp3) is 0.462. The van der Waals surface area contributed by atoms with E-state index in [1.807, 2.05) is 6.92 Å². The molecule has 1 aliphatic heterocycles. The molecule has 2 unspecified atom stereocenters. The summed E-state index contributed by atoms with van der Waals surface area (Å²) in [6.07, 6.45) is 2.10. The number of likely N-dealkylation sites (tertiary alicyclic amines) is 1. The molecule has 0 aromatic carbocycles. The summed E-state index contributed by atoms with van der Waals surface area (Å²) in [6.45, 7) is 2.29. The molecule has 0 spiro atoms. The molecule has 6 nitrogen and oxygen atoms in total. The maximum atomic E-state index is 13.5. The first-order chi connectivity index (χ1) is 9.58. The molecule has 2 atom stereocenters. The molecule has 7 heteroatoms. The van der Waals surface area contributed by atoms with E-state index in [4.69, 9.17) is 0 Å². The Hall–Kier alpha value is -2.18. The van der Waals surface area contributed by atoms with E-state index in [2.05, 4.69) is 15.2 Å². The van der Waals surface area contributed by atoms with E-state index in [0.29, 0.717) is 11.9 Å². The summed E-state index contributed by atoms with van der Waals surface area (Å²) in [6, 6.07) is 1.72. The first-order valence-electron chi connectivity index (χ1n) is 6.56. The minimum Gasteiger partial charge on any atom is -0.465 e. The fourth-order valence-corrected chi connectivity index (χ4v) is 2.84. The molecule has 1 aliphatic rings. The number of hydrogen-bond acceptors (Lipinski definition) is 3. The van der Waals surface area contributed by atoms with Gasteiger partial charge in [-0.25, -0.2) is 9.78 Å². The SMILES string of the molecule is CC1CCC(c2n[nH]c3c(F)nccc23)CN1C(=O)O. The van der Waals surface area contributed by atoms with E-state index in [0.717, 1.165) is 18.5 Å². The molecule has 1 amide bonds. The van der Waals surface area contributed by atoms with Gasteiger partial charge in [0, 0.05) is 30.1 Å². The molecule has 2 aromatic rings. The Morgan fingerprint density at radius 1 is 1.55 bits per heavy atom. The highest BCUT2D eigenvalue weighted by Crippen LogP contribution is 2.32. The van der Waals surface area contributed by atoms with Crippen molar-refractivity contribution in [2.45, 2.75) is 31.7 Å². The number of pyridine rings is 1. The second-order valence-corrected chi connectivity index (χ2v) is 5.19. The number of amides is 1. The number of hydrogen-bond donors (Lipinski definition) is 2. The van der Waals surface area contributed by atoms with Gasteiger partial charge in [0.25, 0.3) is 0 Å². The number of aromatic amines is 1. The number of rotatable bonds is 1. The third kappa shape index (κ3) is 1.99. The van der Waals surface area contributed by atoms with Gasteiger partial charge in [-0.05, 0) is 25.8 Å². The summed E-state index contributed by atoms with van der Waals surface area (Å²) in [5, 5.41) is 16.7. The van der Waals surface area contributed by atoms with Gasteiger partial charge in [-0.1, -0.05) is 0 Å². The van der Waals surface area contributed by atoms with Gasteiger partial charge >= 0.3 is 6.09 Å². The molecule has 3 heterocycles. The number of carbonyl (C=O) groups is 1. The Morgan fingerprint density at radius 2 is 2.35 bits per heavy atom. The van der Waals surface area contributed by atoms with Gasteiger partial charge in [0.05, 0.1) is 5.69 Å². The number of aromatic nitrogens is 3. The summed E-state index contributed by atoms with van der Waals surface area (Å²) in [7, 11) is 0. The predicted octanol–water partition coefficient (Wildman–Crippen LogP) is 2.34. The number of nitrogens with one attached hydrogen (secondary N) is 1. The lowest BCUT2D eigenvalue weighted by atomic mass is 9.90. The van der Waals surface area contributed by atoms with Crippen molar-refractivity contribution in [1.29, 1.82) is 0 Å². The monoisotopic (exact) mass is 278 g/mol. The molecule has 0 saturated carbocycles. The van der Waals surface area contributed by atoms with Crippen LogP contribution in [0.15, 0.2) is 12.3 Å². The highest BCUT2D eigenvalue weighted by atomic mass is 19.1. The Balaban J connectivity index is 1.95. The first-order valence-corrected chi connectivity index (χ1v) is 6.56. The zero-order chi connectivity index (χ0) is 14.3. The maximum absolute atomic E-state index is 13.5. The fourth-order valence-electron chi connectivity index (χ4n) is 2.84. The first kappa shape index (κ1) is 12.8. The summed E-state index contributed by atoms with van der Waals surface area (Å²) < 4.78 is 13.5. The van der Waals surface area contributed by atoms with Crippen molar-refractivity contribution >= 4 is 17.0 Å². The number of carboxylic acid groups (broad SMARTS) is 1. The van der Waals surface area contributed by atoms with E-state index >= 15 is 0 Å². The molecule has 106 valence electrons. The molecule has 20 heavy (non-hydrogen) atoms. The van der Waals surface area contributed by atoms with Crippen LogP contribution in [0.1, 0.15) is 31.4 Å². The van der Waals surface area contributed by atoms with E-state index in [1.54, 1.807) is 6.07 Å².